The summed E-state index contributed by atoms with van der Waals surface area (Å²) < 4.78 is 1.99. The third-order valence-electron chi connectivity index (χ3n) is 3.34. The molecule has 0 unspecified atom stereocenters. The maximum atomic E-state index is 12.4. The first-order chi connectivity index (χ1) is 10.7. The van der Waals surface area contributed by atoms with E-state index in [0.29, 0.717) is 10.7 Å². The average molecular weight is 312 g/mol. The Hall–Kier alpha value is -2.47. The highest BCUT2D eigenvalue weighted by atomic mass is 32.1. The first-order valence-corrected chi connectivity index (χ1v) is 7.86. The van der Waals surface area contributed by atoms with Crippen LogP contribution in [0.1, 0.15) is 27.9 Å². The van der Waals surface area contributed by atoms with Gasteiger partial charge in [-0.25, -0.2) is 0 Å². The third kappa shape index (κ3) is 2.92. The van der Waals surface area contributed by atoms with Gasteiger partial charge in [0.05, 0.1) is 0 Å². The maximum Gasteiger partial charge on any atom is 0.257 e. The predicted octanol–water partition coefficient (Wildman–Crippen LogP) is 3.45. The van der Waals surface area contributed by atoms with Crippen LogP contribution in [0.5, 0.6) is 0 Å². The van der Waals surface area contributed by atoms with E-state index in [4.69, 9.17) is 0 Å². The number of anilines is 1. The van der Waals surface area contributed by atoms with Crippen molar-refractivity contribution in [1.29, 1.82) is 0 Å². The first kappa shape index (κ1) is 14.5. The number of benzene rings is 1. The number of aromatic nitrogens is 3. The van der Waals surface area contributed by atoms with Crippen LogP contribution in [0.2, 0.25) is 0 Å². The van der Waals surface area contributed by atoms with Gasteiger partial charge in [0.15, 0.2) is 0 Å². The Morgan fingerprint density at radius 1 is 1.27 bits per heavy atom. The number of carbonyl (C=O) groups is 1. The van der Waals surface area contributed by atoms with E-state index in [1.807, 2.05) is 61.1 Å². The average Bonchev–Trinajstić information content (AvgIpc) is 3.18. The van der Waals surface area contributed by atoms with Gasteiger partial charge in [-0.2, -0.15) is 0 Å². The summed E-state index contributed by atoms with van der Waals surface area (Å²) in [5, 5.41) is 12.2. The molecule has 0 saturated carbocycles. The molecular formula is C16H16N4OS. The largest absolute Gasteiger partial charge is 0.324 e. The molecule has 0 atom stereocenters. The fourth-order valence-corrected chi connectivity index (χ4v) is 2.81. The molecule has 3 rings (SSSR count). The second-order valence-corrected chi connectivity index (χ2v) is 5.96. The van der Waals surface area contributed by atoms with Gasteiger partial charge in [-0.05, 0) is 43.2 Å². The van der Waals surface area contributed by atoms with Gasteiger partial charge in [-0.1, -0.05) is 24.3 Å². The molecule has 1 aromatic carbocycles. The Morgan fingerprint density at radius 3 is 2.73 bits per heavy atom. The fourth-order valence-electron chi connectivity index (χ4n) is 2.14. The van der Waals surface area contributed by atoms with Crippen molar-refractivity contribution < 1.29 is 4.79 Å². The van der Waals surface area contributed by atoms with Crippen molar-refractivity contribution in [3.63, 3.8) is 0 Å². The highest BCUT2D eigenvalue weighted by molar-refractivity contribution is 7.15. The summed E-state index contributed by atoms with van der Waals surface area (Å²) >= 11 is 1.40. The van der Waals surface area contributed by atoms with E-state index >= 15 is 0 Å². The summed E-state index contributed by atoms with van der Waals surface area (Å²) in [6.07, 6.45) is 4.74. The van der Waals surface area contributed by atoms with E-state index in [2.05, 4.69) is 15.5 Å². The molecule has 112 valence electrons. The van der Waals surface area contributed by atoms with Crippen LogP contribution in [0.4, 0.5) is 5.13 Å². The maximum absolute atomic E-state index is 12.4. The lowest BCUT2D eigenvalue weighted by molar-refractivity contribution is 0.102. The molecule has 0 saturated heterocycles. The van der Waals surface area contributed by atoms with Crippen LogP contribution in [0.3, 0.4) is 0 Å². The van der Waals surface area contributed by atoms with Gasteiger partial charge < -0.3 is 4.57 Å². The lowest BCUT2D eigenvalue weighted by Gasteiger charge is -2.09. The van der Waals surface area contributed by atoms with E-state index in [0.717, 1.165) is 22.7 Å². The van der Waals surface area contributed by atoms with Crippen LogP contribution in [-0.4, -0.2) is 20.7 Å². The molecule has 0 aliphatic heterocycles. The minimum absolute atomic E-state index is 0.174. The van der Waals surface area contributed by atoms with E-state index in [9.17, 15) is 4.79 Å². The number of hydrogen-bond acceptors (Lipinski definition) is 4. The van der Waals surface area contributed by atoms with E-state index < -0.39 is 0 Å². The Labute approximate surface area is 132 Å². The Kier molecular flexibility index (Phi) is 4.02. The van der Waals surface area contributed by atoms with Gasteiger partial charge >= 0.3 is 0 Å². The fraction of sp³-hybridized carbons (Fsp3) is 0.188. The minimum Gasteiger partial charge on any atom is -0.324 e. The Balaban J connectivity index is 1.85. The van der Waals surface area contributed by atoms with Gasteiger partial charge in [0.25, 0.3) is 5.91 Å². The molecule has 22 heavy (non-hydrogen) atoms. The highest BCUT2D eigenvalue weighted by Gasteiger charge is 2.11. The Morgan fingerprint density at radius 2 is 2.05 bits per heavy atom. The number of carbonyl (C=O) groups excluding carboxylic acids is 1. The van der Waals surface area contributed by atoms with Crippen molar-refractivity contribution in [1.82, 2.24) is 14.8 Å². The molecule has 2 aromatic heterocycles. The first-order valence-electron chi connectivity index (χ1n) is 7.05. The molecule has 0 spiro atoms. The lowest BCUT2D eigenvalue weighted by atomic mass is 10.1. The molecule has 5 nitrogen and oxygen atoms in total. The molecule has 0 radical (unpaired) electrons. The monoisotopic (exact) mass is 312 g/mol. The van der Waals surface area contributed by atoms with Crippen molar-refractivity contribution >= 4 is 22.4 Å². The van der Waals surface area contributed by atoms with Gasteiger partial charge in [-0.3, -0.25) is 10.1 Å². The van der Waals surface area contributed by atoms with Gasteiger partial charge in [0.1, 0.15) is 5.01 Å². The summed E-state index contributed by atoms with van der Waals surface area (Å²) in [5.41, 5.74) is 2.70. The summed E-state index contributed by atoms with van der Waals surface area (Å²) in [4.78, 5) is 12.4. The normalized spacial score (nSPS) is 10.6. The second-order valence-electron chi connectivity index (χ2n) is 4.90. The van der Waals surface area contributed by atoms with Gasteiger partial charge in [0, 0.05) is 23.6 Å². The van der Waals surface area contributed by atoms with E-state index in [1.165, 1.54) is 11.3 Å². The van der Waals surface area contributed by atoms with Crippen molar-refractivity contribution in [3.8, 4) is 5.69 Å². The van der Waals surface area contributed by atoms with E-state index in [1.54, 1.807) is 0 Å². The number of nitrogens with zero attached hydrogens (tertiary/aromatic N) is 3. The third-order valence-corrected chi connectivity index (χ3v) is 4.33. The van der Waals surface area contributed by atoms with Crippen molar-refractivity contribution in [3.05, 3.63) is 58.9 Å². The molecule has 6 heteroatoms. The summed E-state index contributed by atoms with van der Waals surface area (Å²) in [6.45, 7) is 4.03. The molecular weight excluding hydrogens is 296 g/mol. The number of hydrogen-bond donors (Lipinski definition) is 1. The summed E-state index contributed by atoms with van der Waals surface area (Å²) in [6, 6.07) is 9.56. The molecule has 3 aromatic rings. The molecule has 0 aliphatic carbocycles. The van der Waals surface area contributed by atoms with E-state index in [-0.39, 0.29) is 5.91 Å². The number of rotatable bonds is 4. The smallest absolute Gasteiger partial charge is 0.257 e. The van der Waals surface area contributed by atoms with Crippen LogP contribution in [0.15, 0.2) is 42.7 Å². The second kappa shape index (κ2) is 6.11. The quantitative estimate of drug-likeness (QED) is 0.802. The predicted molar refractivity (Wildman–Crippen MR) is 87.7 cm³/mol. The molecule has 1 amide bonds. The zero-order chi connectivity index (χ0) is 15.5. The molecule has 0 fully saturated rings. The lowest BCUT2D eigenvalue weighted by Crippen LogP contribution is -2.12. The molecule has 1 N–H and O–H groups in total. The van der Waals surface area contributed by atoms with Crippen molar-refractivity contribution in [2.45, 2.75) is 20.3 Å². The summed E-state index contributed by atoms with van der Waals surface area (Å²) in [5.74, 6) is -0.174. The number of amides is 1. The number of nitrogens with one attached hydrogen (secondary N) is 1. The van der Waals surface area contributed by atoms with Crippen molar-refractivity contribution in [2.75, 3.05) is 5.32 Å². The molecule has 0 aliphatic rings. The Bertz CT molecular complexity index is 792. The molecule has 2 heterocycles. The summed E-state index contributed by atoms with van der Waals surface area (Å²) in [7, 11) is 0. The topological polar surface area (TPSA) is 59.8 Å². The van der Waals surface area contributed by atoms with Crippen LogP contribution in [-0.2, 0) is 6.42 Å². The zero-order valence-electron chi connectivity index (χ0n) is 12.4. The minimum atomic E-state index is -0.174. The van der Waals surface area contributed by atoms with Gasteiger partial charge in [0.2, 0.25) is 5.13 Å². The van der Waals surface area contributed by atoms with Crippen LogP contribution < -0.4 is 5.32 Å². The van der Waals surface area contributed by atoms with Crippen LogP contribution >= 0.6 is 11.3 Å². The highest BCUT2D eigenvalue weighted by Crippen LogP contribution is 2.19. The van der Waals surface area contributed by atoms with Gasteiger partial charge in [-0.15, -0.1) is 10.2 Å². The molecule has 0 bridgehead atoms. The van der Waals surface area contributed by atoms with Crippen LogP contribution in [0.25, 0.3) is 5.69 Å². The number of aryl methyl sites for hydroxylation is 2. The zero-order valence-corrected chi connectivity index (χ0v) is 13.2. The van der Waals surface area contributed by atoms with Crippen LogP contribution in [0, 0.1) is 6.92 Å². The SMILES string of the molecule is CCc1nnc(NC(=O)c2ccc(C)c(-n3cccc3)c2)s1. The standard InChI is InChI=1S/C16H16N4OS/c1-3-14-18-19-16(22-14)17-15(21)12-7-6-11(2)13(10-12)20-8-4-5-9-20/h4-10H,3H2,1-2H3,(H,17,19,21). The van der Waals surface area contributed by atoms with Crippen molar-refractivity contribution in [2.24, 2.45) is 0 Å².